The minimum Gasteiger partial charge on any atom is -0.361 e. The van der Waals surface area contributed by atoms with Gasteiger partial charge in [-0.2, -0.15) is 0 Å². The van der Waals surface area contributed by atoms with E-state index in [1.165, 1.54) is 0 Å². The molecule has 18 heavy (non-hydrogen) atoms. The molecule has 1 aromatic carbocycles. The molecule has 96 valence electrons. The molecule has 0 bridgehead atoms. The van der Waals surface area contributed by atoms with Crippen molar-refractivity contribution >= 4 is 16.8 Å². The summed E-state index contributed by atoms with van der Waals surface area (Å²) in [6.07, 6.45) is 1.95. The van der Waals surface area contributed by atoms with E-state index in [-0.39, 0.29) is 5.91 Å². The number of fused-ring (bicyclic) bond motifs is 1. The molecule has 0 radical (unpaired) electrons. The van der Waals surface area contributed by atoms with E-state index in [4.69, 9.17) is 0 Å². The van der Waals surface area contributed by atoms with Crippen LogP contribution in [0.5, 0.6) is 0 Å². The molecule has 0 aliphatic heterocycles. The van der Waals surface area contributed by atoms with Gasteiger partial charge in [-0.3, -0.25) is 4.79 Å². The molecule has 0 fully saturated rings. The smallest absolute Gasteiger partial charge is 0.234 e. The number of amides is 1. The van der Waals surface area contributed by atoms with Crippen molar-refractivity contribution < 1.29 is 4.79 Å². The third kappa shape index (κ3) is 3.11. The van der Waals surface area contributed by atoms with Crippen LogP contribution in [0.25, 0.3) is 10.9 Å². The fraction of sp³-hybridized carbons (Fsp3) is 0.357. The zero-order valence-corrected chi connectivity index (χ0v) is 10.8. The van der Waals surface area contributed by atoms with E-state index in [2.05, 4.69) is 21.7 Å². The molecular formula is C14H19N3O. The normalized spacial score (nSPS) is 11.1. The zero-order chi connectivity index (χ0) is 13.0. The lowest BCUT2D eigenvalue weighted by Gasteiger charge is -2.08. The van der Waals surface area contributed by atoms with Gasteiger partial charge in [0.25, 0.3) is 0 Å². The number of nitrogens with one attached hydrogen (secondary N) is 3. The number of carbonyl (C=O) groups is 1. The van der Waals surface area contributed by atoms with Crippen LogP contribution in [0.4, 0.5) is 0 Å². The number of benzene rings is 1. The van der Waals surface area contributed by atoms with Gasteiger partial charge in [0.15, 0.2) is 0 Å². The van der Waals surface area contributed by atoms with Gasteiger partial charge in [-0.1, -0.05) is 32.0 Å². The van der Waals surface area contributed by atoms with Crippen molar-refractivity contribution in [3.05, 3.63) is 36.0 Å². The quantitative estimate of drug-likeness (QED) is 0.752. The molecule has 1 aromatic heterocycles. The highest BCUT2D eigenvalue weighted by atomic mass is 16.1. The van der Waals surface area contributed by atoms with Crippen LogP contribution in [0.15, 0.2) is 30.5 Å². The molecule has 4 nitrogen and oxygen atoms in total. The summed E-state index contributed by atoms with van der Waals surface area (Å²) in [6, 6.07) is 8.40. The van der Waals surface area contributed by atoms with Crippen molar-refractivity contribution in [2.24, 2.45) is 0 Å². The summed E-state index contributed by atoms with van der Waals surface area (Å²) in [5.74, 6) is 0.0222. The fourth-order valence-electron chi connectivity index (χ4n) is 1.83. The van der Waals surface area contributed by atoms with E-state index < -0.39 is 0 Å². The molecule has 2 aromatic rings. The molecule has 0 aliphatic carbocycles. The van der Waals surface area contributed by atoms with E-state index in [1.807, 2.05) is 38.2 Å². The summed E-state index contributed by atoms with van der Waals surface area (Å²) in [5.41, 5.74) is 2.21. The Morgan fingerprint density at radius 1 is 1.33 bits per heavy atom. The van der Waals surface area contributed by atoms with E-state index >= 15 is 0 Å². The van der Waals surface area contributed by atoms with Crippen LogP contribution in [0.1, 0.15) is 19.4 Å². The van der Waals surface area contributed by atoms with Gasteiger partial charge >= 0.3 is 0 Å². The predicted molar refractivity (Wildman–Crippen MR) is 73.3 cm³/mol. The average Bonchev–Trinajstić information content (AvgIpc) is 2.77. The second-order valence-electron chi connectivity index (χ2n) is 4.67. The van der Waals surface area contributed by atoms with Crippen LogP contribution in [0, 0.1) is 0 Å². The Balaban J connectivity index is 1.92. The summed E-state index contributed by atoms with van der Waals surface area (Å²) in [4.78, 5) is 14.8. The first-order valence-electron chi connectivity index (χ1n) is 6.22. The van der Waals surface area contributed by atoms with Gasteiger partial charge in [-0.15, -0.1) is 0 Å². The first-order chi connectivity index (χ1) is 8.66. The Morgan fingerprint density at radius 3 is 2.89 bits per heavy atom. The number of para-hydroxylation sites is 1. The van der Waals surface area contributed by atoms with Crippen LogP contribution >= 0.6 is 0 Å². The van der Waals surface area contributed by atoms with Gasteiger partial charge in [-0.05, 0) is 11.6 Å². The molecule has 0 unspecified atom stereocenters. The van der Waals surface area contributed by atoms with Crippen LogP contribution in [0.2, 0.25) is 0 Å². The highest BCUT2D eigenvalue weighted by Gasteiger charge is 2.05. The Morgan fingerprint density at radius 2 is 2.11 bits per heavy atom. The number of aromatic nitrogens is 1. The van der Waals surface area contributed by atoms with Gasteiger partial charge < -0.3 is 15.6 Å². The number of carbonyl (C=O) groups excluding carboxylic acids is 1. The molecule has 1 amide bonds. The SMILES string of the molecule is CC(C)NCC(=O)NCc1c[nH]c2ccccc12. The largest absolute Gasteiger partial charge is 0.361 e. The van der Waals surface area contributed by atoms with Crippen LogP contribution in [-0.4, -0.2) is 23.5 Å². The van der Waals surface area contributed by atoms with Crippen molar-refractivity contribution in [3.63, 3.8) is 0 Å². The third-order valence-electron chi connectivity index (χ3n) is 2.82. The first-order valence-corrected chi connectivity index (χ1v) is 6.22. The topological polar surface area (TPSA) is 56.9 Å². The molecule has 0 saturated heterocycles. The maximum Gasteiger partial charge on any atom is 0.234 e. The highest BCUT2D eigenvalue weighted by Crippen LogP contribution is 2.16. The van der Waals surface area contributed by atoms with Crippen LogP contribution in [-0.2, 0) is 11.3 Å². The Bertz CT molecular complexity index is 531. The lowest BCUT2D eigenvalue weighted by molar-refractivity contribution is -0.120. The number of hydrogen-bond donors (Lipinski definition) is 3. The zero-order valence-electron chi connectivity index (χ0n) is 10.8. The predicted octanol–water partition coefficient (Wildman–Crippen LogP) is 1.78. The van der Waals surface area contributed by atoms with Gasteiger partial charge in [-0.25, -0.2) is 0 Å². The van der Waals surface area contributed by atoms with Gasteiger partial charge in [0.2, 0.25) is 5.91 Å². The average molecular weight is 245 g/mol. The summed E-state index contributed by atoms with van der Waals surface area (Å²) < 4.78 is 0. The van der Waals surface area contributed by atoms with E-state index in [0.29, 0.717) is 19.1 Å². The first kappa shape index (κ1) is 12.6. The van der Waals surface area contributed by atoms with Gasteiger partial charge in [0, 0.05) is 29.7 Å². The second kappa shape index (κ2) is 5.69. The molecule has 0 saturated carbocycles. The van der Waals surface area contributed by atoms with Crippen molar-refractivity contribution in [1.82, 2.24) is 15.6 Å². The van der Waals surface area contributed by atoms with Crippen molar-refractivity contribution in [1.29, 1.82) is 0 Å². The third-order valence-corrected chi connectivity index (χ3v) is 2.82. The monoisotopic (exact) mass is 245 g/mol. The molecule has 0 atom stereocenters. The molecule has 0 spiro atoms. The summed E-state index contributed by atoms with van der Waals surface area (Å²) >= 11 is 0. The number of hydrogen-bond acceptors (Lipinski definition) is 2. The Kier molecular flexibility index (Phi) is 3.99. The van der Waals surface area contributed by atoms with Crippen molar-refractivity contribution in [2.45, 2.75) is 26.4 Å². The van der Waals surface area contributed by atoms with Crippen LogP contribution in [0.3, 0.4) is 0 Å². The fourth-order valence-corrected chi connectivity index (χ4v) is 1.83. The minimum absolute atomic E-state index is 0.0222. The Labute approximate surface area is 107 Å². The second-order valence-corrected chi connectivity index (χ2v) is 4.67. The molecule has 0 aliphatic rings. The molecule has 1 heterocycles. The lowest BCUT2D eigenvalue weighted by atomic mass is 10.2. The van der Waals surface area contributed by atoms with Crippen LogP contribution < -0.4 is 10.6 Å². The summed E-state index contributed by atoms with van der Waals surface area (Å²) in [5, 5.41) is 7.17. The van der Waals surface area contributed by atoms with E-state index in [9.17, 15) is 4.79 Å². The molecule has 4 heteroatoms. The lowest BCUT2D eigenvalue weighted by Crippen LogP contribution is -2.36. The maximum atomic E-state index is 11.6. The van der Waals surface area contributed by atoms with Gasteiger partial charge in [0.1, 0.15) is 0 Å². The molecule has 2 rings (SSSR count). The highest BCUT2D eigenvalue weighted by molar-refractivity contribution is 5.84. The van der Waals surface area contributed by atoms with Crippen molar-refractivity contribution in [2.75, 3.05) is 6.54 Å². The summed E-state index contributed by atoms with van der Waals surface area (Å²) in [7, 11) is 0. The standard InChI is InChI=1S/C14H19N3O/c1-10(2)15-9-14(18)17-8-11-7-16-13-6-4-3-5-12(11)13/h3-7,10,15-16H,8-9H2,1-2H3,(H,17,18). The number of rotatable bonds is 5. The van der Waals surface area contributed by atoms with Gasteiger partial charge in [0.05, 0.1) is 6.54 Å². The maximum absolute atomic E-state index is 11.6. The summed E-state index contributed by atoms with van der Waals surface area (Å²) in [6.45, 7) is 4.96. The van der Waals surface area contributed by atoms with Crippen molar-refractivity contribution in [3.8, 4) is 0 Å². The molecular weight excluding hydrogens is 226 g/mol. The number of H-pyrrole nitrogens is 1. The molecule has 3 N–H and O–H groups in total. The minimum atomic E-state index is 0.0222. The van der Waals surface area contributed by atoms with E-state index in [0.717, 1.165) is 16.5 Å². The van der Waals surface area contributed by atoms with E-state index in [1.54, 1.807) is 0 Å². The number of aromatic amines is 1. The Hall–Kier alpha value is -1.81.